The van der Waals surface area contributed by atoms with Gasteiger partial charge in [0.05, 0.1) is 11.6 Å². The number of nitrogens with two attached hydrogens (primary N) is 1. The monoisotopic (exact) mass is 230 g/mol. The van der Waals surface area contributed by atoms with Crippen molar-refractivity contribution in [2.75, 3.05) is 11.9 Å². The molecule has 0 radical (unpaired) electrons. The molecule has 0 heterocycles. The maximum atomic E-state index is 13.2. The molecule has 0 saturated carbocycles. The minimum absolute atomic E-state index is 0.299. The molecule has 1 aromatic carbocycles. The van der Waals surface area contributed by atoms with Gasteiger partial charge in [-0.3, -0.25) is 4.79 Å². The number of carbonyl (C=O) groups is 1. The summed E-state index contributed by atoms with van der Waals surface area (Å²) in [4.78, 5) is 10.7. The van der Waals surface area contributed by atoms with Gasteiger partial charge in [-0.2, -0.15) is 0 Å². The molecule has 3 nitrogen and oxygen atoms in total. The molecule has 0 aromatic heterocycles. The van der Waals surface area contributed by atoms with Gasteiger partial charge in [0.2, 0.25) is 5.91 Å². The first-order valence-corrected chi connectivity index (χ1v) is 4.86. The van der Waals surface area contributed by atoms with Crippen molar-refractivity contribution < 1.29 is 9.18 Å². The largest absolute Gasteiger partial charge is 0.382 e. The molecule has 5 heteroatoms. The molecule has 0 saturated heterocycles. The smallest absolute Gasteiger partial charge is 0.222 e. The third-order valence-corrected chi connectivity index (χ3v) is 2.25. The van der Waals surface area contributed by atoms with E-state index >= 15 is 0 Å². The Morgan fingerprint density at radius 1 is 1.67 bits per heavy atom. The second-order valence-electron chi connectivity index (χ2n) is 3.31. The first-order valence-electron chi connectivity index (χ1n) is 4.49. The van der Waals surface area contributed by atoms with Gasteiger partial charge in [-0.1, -0.05) is 18.5 Å². The number of rotatable bonds is 4. The van der Waals surface area contributed by atoms with E-state index in [1.54, 1.807) is 13.0 Å². The summed E-state index contributed by atoms with van der Waals surface area (Å²) in [5.41, 5.74) is 5.38. The van der Waals surface area contributed by atoms with Crippen molar-refractivity contribution in [1.29, 1.82) is 0 Å². The predicted molar refractivity (Wildman–Crippen MR) is 58.3 cm³/mol. The third kappa shape index (κ3) is 3.40. The Balaban J connectivity index is 2.62. The summed E-state index contributed by atoms with van der Waals surface area (Å²) in [5.74, 6) is -1.21. The summed E-state index contributed by atoms with van der Waals surface area (Å²) >= 11 is 5.59. The number of hydrogen-bond donors (Lipinski definition) is 2. The fraction of sp³-hybridized carbons (Fsp3) is 0.300. The van der Waals surface area contributed by atoms with Crippen LogP contribution in [0.2, 0.25) is 5.02 Å². The number of halogens is 2. The number of primary amides is 1. The van der Waals surface area contributed by atoms with Gasteiger partial charge in [-0.05, 0) is 18.2 Å². The maximum absolute atomic E-state index is 13.2. The topological polar surface area (TPSA) is 55.1 Å². The zero-order chi connectivity index (χ0) is 11.4. The molecule has 1 atom stereocenters. The zero-order valence-electron chi connectivity index (χ0n) is 8.26. The SMILES string of the molecule is CC(CNc1ccc(Cl)cc1F)C(N)=O. The number of carbonyl (C=O) groups excluding carboxylic acids is 1. The third-order valence-electron chi connectivity index (χ3n) is 2.02. The Kier molecular flexibility index (Phi) is 3.91. The van der Waals surface area contributed by atoms with Gasteiger partial charge in [-0.15, -0.1) is 0 Å². The Labute approximate surface area is 92.4 Å². The summed E-state index contributed by atoms with van der Waals surface area (Å²) in [7, 11) is 0. The summed E-state index contributed by atoms with van der Waals surface area (Å²) in [6, 6.07) is 4.30. The Morgan fingerprint density at radius 3 is 2.87 bits per heavy atom. The summed E-state index contributed by atoms with van der Waals surface area (Å²) in [6.07, 6.45) is 0. The van der Waals surface area contributed by atoms with Crippen molar-refractivity contribution in [3.8, 4) is 0 Å². The Hall–Kier alpha value is -1.29. The van der Waals surface area contributed by atoms with Crippen LogP contribution in [0.25, 0.3) is 0 Å². The minimum atomic E-state index is -0.445. The van der Waals surface area contributed by atoms with Gasteiger partial charge in [-0.25, -0.2) is 4.39 Å². The first-order chi connectivity index (χ1) is 7.00. The number of amides is 1. The summed E-state index contributed by atoms with van der Waals surface area (Å²) < 4.78 is 13.2. The molecule has 0 aliphatic heterocycles. The van der Waals surface area contributed by atoms with Crippen LogP contribution in [0.5, 0.6) is 0 Å². The highest BCUT2D eigenvalue weighted by Crippen LogP contribution is 2.18. The van der Waals surface area contributed by atoms with E-state index in [1.165, 1.54) is 12.1 Å². The standard InChI is InChI=1S/C10H12ClFN2O/c1-6(10(13)15)5-14-9-3-2-7(11)4-8(9)12/h2-4,6,14H,5H2,1H3,(H2,13,15). The first kappa shape index (κ1) is 11.8. The average Bonchev–Trinajstić information content (AvgIpc) is 2.15. The zero-order valence-corrected chi connectivity index (χ0v) is 9.01. The van der Waals surface area contributed by atoms with E-state index in [0.29, 0.717) is 17.3 Å². The average molecular weight is 231 g/mol. The van der Waals surface area contributed by atoms with Gasteiger partial charge in [0.1, 0.15) is 5.82 Å². The van der Waals surface area contributed by atoms with Crippen LogP contribution in [-0.4, -0.2) is 12.5 Å². The molecular weight excluding hydrogens is 219 g/mol. The van der Waals surface area contributed by atoms with Gasteiger partial charge >= 0.3 is 0 Å². The van der Waals surface area contributed by atoms with E-state index in [9.17, 15) is 9.18 Å². The van der Waals surface area contributed by atoms with Crippen LogP contribution in [0.15, 0.2) is 18.2 Å². The molecule has 1 amide bonds. The molecule has 0 bridgehead atoms. The molecule has 0 aliphatic rings. The van der Waals surface area contributed by atoms with Crippen molar-refractivity contribution in [3.05, 3.63) is 29.0 Å². The van der Waals surface area contributed by atoms with E-state index < -0.39 is 11.7 Å². The molecule has 3 N–H and O–H groups in total. The highest BCUT2D eigenvalue weighted by molar-refractivity contribution is 6.30. The fourth-order valence-electron chi connectivity index (χ4n) is 0.996. The lowest BCUT2D eigenvalue weighted by atomic mass is 10.1. The molecule has 1 rings (SSSR count). The van der Waals surface area contributed by atoms with Crippen molar-refractivity contribution in [1.82, 2.24) is 0 Å². The van der Waals surface area contributed by atoms with Gasteiger partial charge in [0, 0.05) is 11.6 Å². The normalized spacial score (nSPS) is 12.2. The van der Waals surface area contributed by atoms with E-state index in [4.69, 9.17) is 17.3 Å². The lowest BCUT2D eigenvalue weighted by molar-refractivity contribution is -0.120. The molecule has 1 aromatic rings. The molecule has 15 heavy (non-hydrogen) atoms. The van der Waals surface area contributed by atoms with E-state index in [-0.39, 0.29) is 5.92 Å². The number of anilines is 1. The molecule has 1 unspecified atom stereocenters. The van der Waals surface area contributed by atoms with Crippen LogP contribution in [0, 0.1) is 11.7 Å². The number of nitrogens with one attached hydrogen (secondary N) is 1. The van der Waals surface area contributed by atoms with E-state index in [0.717, 1.165) is 0 Å². The molecule has 82 valence electrons. The van der Waals surface area contributed by atoms with E-state index in [1.807, 2.05) is 0 Å². The van der Waals surface area contributed by atoms with Crippen molar-refractivity contribution >= 4 is 23.2 Å². The van der Waals surface area contributed by atoms with Crippen LogP contribution >= 0.6 is 11.6 Å². The van der Waals surface area contributed by atoms with Crippen LogP contribution in [-0.2, 0) is 4.79 Å². The fourth-order valence-corrected chi connectivity index (χ4v) is 1.16. The maximum Gasteiger partial charge on any atom is 0.222 e. The molecule has 0 fully saturated rings. The second kappa shape index (κ2) is 4.98. The van der Waals surface area contributed by atoms with Crippen LogP contribution < -0.4 is 11.1 Å². The van der Waals surface area contributed by atoms with Gasteiger partial charge < -0.3 is 11.1 Å². The lowest BCUT2D eigenvalue weighted by Gasteiger charge is -2.10. The highest BCUT2D eigenvalue weighted by Gasteiger charge is 2.09. The van der Waals surface area contributed by atoms with Crippen molar-refractivity contribution in [2.45, 2.75) is 6.92 Å². The quantitative estimate of drug-likeness (QED) is 0.832. The second-order valence-corrected chi connectivity index (χ2v) is 3.74. The lowest BCUT2D eigenvalue weighted by Crippen LogP contribution is -2.26. The Bertz CT molecular complexity index is 370. The van der Waals surface area contributed by atoms with Gasteiger partial charge in [0.15, 0.2) is 0 Å². The molecular formula is C10H12ClFN2O. The van der Waals surface area contributed by atoms with Crippen LogP contribution in [0.4, 0.5) is 10.1 Å². The minimum Gasteiger partial charge on any atom is -0.382 e. The Morgan fingerprint density at radius 2 is 2.33 bits per heavy atom. The van der Waals surface area contributed by atoms with E-state index in [2.05, 4.69) is 5.32 Å². The summed E-state index contributed by atoms with van der Waals surface area (Å²) in [5, 5.41) is 3.12. The molecule has 0 spiro atoms. The summed E-state index contributed by atoms with van der Waals surface area (Å²) in [6.45, 7) is 1.97. The van der Waals surface area contributed by atoms with Gasteiger partial charge in [0.25, 0.3) is 0 Å². The molecule has 0 aliphatic carbocycles. The van der Waals surface area contributed by atoms with Crippen molar-refractivity contribution in [3.63, 3.8) is 0 Å². The highest BCUT2D eigenvalue weighted by atomic mass is 35.5. The number of benzene rings is 1. The van der Waals surface area contributed by atoms with Crippen molar-refractivity contribution in [2.24, 2.45) is 11.7 Å². The number of hydrogen-bond acceptors (Lipinski definition) is 2. The van der Waals surface area contributed by atoms with Crippen LogP contribution in [0.1, 0.15) is 6.92 Å². The predicted octanol–water partition coefficient (Wildman–Crippen LogP) is 2.01. The van der Waals surface area contributed by atoms with Crippen LogP contribution in [0.3, 0.4) is 0 Å².